The maximum absolute atomic E-state index is 12.4. The Labute approximate surface area is 140 Å². The summed E-state index contributed by atoms with van der Waals surface area (Å²) in [4.78, 5) is 13.4. The fourth-order valence-electron chi connectivity index (χ4n) is 2.90. The lowest BCUT2D eigenvalue weighted by atomic mass is 9.89. The van der Waals surface area contributed by atoms with Gasteiger partial charge in [-0.2, -0.15) is 0 Å². The van der Waals surface area contributed by atoms with Gasteiger partial charge in [0, 0.05) is 10.8 Å². The number of carbonyl (C=O) groups is 1. The van der Waals surface area contributed by atoms with Crippen LogP contribution in [-0.4, -0.2) is 21.9 Å². The molecular weight excluding hydrogens is 310 g/mol. The van der Waals surface area contributed by atoms with Crippen LogP contribution in [0, 0.1) is 0 Å². The van der Waals surface area contributed by atoms with E-state index in [0.717, 1.165) is 23.5 Å². The Morgan fingerprint density at radius 3 is 2.83 bits per heavy atom. The Kier molecular flexibility index (Phi) is 5.33. The molecule has 1 amide bonds. The van der Waals surface area contributed by atoms with Gasteiger partial charge in [-0.3, -0.25) is 10.1 Å². The largest absolute Gasteiger partial charge is 0.408 e. The maximum Gasteiger partial charge on any atom is 0.322 e. The van der Waals surface area contributed by atoms with Crippen molar-refractivity contribution in [1.29, 1.82) is 0 Å². The average molecular weight is 331 g/mol. The van der Waals surface area contributed by atoms with Crippen molar-refractivity contribution in [2.45, 2.75) is 49.8 Å². The molecule has 1 aromatic heterocycles. The van der Waals surface area contributed by atoms with Crippen molar-refractivity contribution >= 4 is 23.7 Å². The second-order valence-corrected chi connectivity index (χ2v) is 6.97. The molecule has 0 radical (unpaired) electrons. The number of benzene rings is 1. The molecular formula is C17H21N3O2S. The molecule has 1 fully saturated rings. The minimum Gasteiger partial charge on any atom is -0.408 e. The fraction of sp³-hybridized carbons (Fsp3) is 0.471. The predicted molar refractivity (Wildman–Crippen MR) is 90.9 cm³/mol. The van der Waals surface area contributed by atoms with E-state index >= 15 is 0 Å². The van der Waals surface area contributed by atoms with Gasteiger partial charge in [0.25, 0.3) is 5.91 Å². The number of nitrogens with zero attached hydrogens (tertiary/aromatic N) is 2. The number of thioether (sulfide) groups is 1. The fourth-order valence-corrected chi connectivity index (χ4v) is 3.70. The van der Waals surface area contributed by atoms with Crippen LogP contribution in [0.25, 0.3) is 0 Å². The van der Waals surface area contributed by atoms with Gasteiger partial charge in [-0.1, -0.05) is 43.4 Å². The molecule has 0 atom stereocenters. The van der Waals surface area contributed by atoms with Gasteiger partial charge in [0.2, 0.25) is 5.89 Å². The molecule has 23 heavy (non-hydrogen) atoms. The van der Waals surface area contributed by atoms with E-state index in [1.165, 1.54) is 19.3 Å². The van der Waals surface area contributed by atoms with Gasteiger partial charge < -0.3 is 4.42 Å². The highest BCUT2D eigenvalue weighted by Gasteiger charge is 2.22. The van der Waals surface area contributed by atoms with E-state index in [2.05, 4.69) is 22.4 Å². The summed E-state index contributed by atoms with van der Waals surface area (Å²) in [5.74, 6) is 1.69. The van der Waals surface area contributed by atoms with E-state index in [0.29, 0.717) is 17.4 Å². The van der Waals surface area contributed by atoms with Gasteiger partial charge in [-0.15, -0.1) is 16.9 Å². The van der Waals surface area contributed by atoms with Crippen molar-refractivity contribution < 1.29 is 9.21 Å². The maximum atomic E-state index is 12.4. The summed E-state index contributed by atoms with van der Waals surface area (Å²) in [6.07, 6.45) is 5.87. The molecule has 3 rings (SSSR count). The highest BCUT2D eigenvalue weighted by Crippen LogP contribution is 2.32. The van der Waals surface area contributed by atoms with E-state index in [9.17, 15) is 4.79 Å². The van der Waals surface area contributed by atoms with Crippen molar-refractivity contribution in [3.8, 4) is 0 Å². The van der Waals surface area contributed by atoms with Gasteiger partial charge in [-0.05, 0) is 30.7 Å². The lowest BCUT2D eigenvalue weighted by Crippen LogP contribution is -2.13. The first-order valence-electron chi connectivity index (χ1n) is 8.14. The Hall–Kier alpha value is -1.82. The molecule has 0 spiro atoms. The summed E-state index contributed by atoms with van der Waals surface area (Å²) in [5, 5.41) is 10.8. The lowest BCUT2D eigenvalue weighted by molar-refractivity contribution is 0.102. The van der Waals surface area contributed by atoms with Crippen LogP contribution in [0.1, 0.15) is 61.2 Å². The molecule has 2 aromatic rings. The van der Waals surface area contributed by atoms with Gasteiger partial charge >= 0.3 is 6.01 Å². The predicted octanol–water partition coefficient (Wildman–Crippen LogP) is 4.48. The van der Waals surface area contributed by atoms with Crippen molar-refractivity contribution in [2.75, 3.05) is 11.1 Å². The molecule has 0 saturated heterocycles. The molecule has 1 aliphatic carbocycles. The molecule has 1 heterocycles. The van der Waals surface area contributed by atoms with Crippen LogP contribution >= 0.6 is 11.8 Å². The number of anilines is 1. The van der Waals surface area contributed by atoms with Crippen molar-refractivity contribution in [1.82, 2.24) is 10.2 Å². The molecule has 0 aliphatic heterocycles. The topological polar surface area (TPSA) is 68.0 Å². The quantitative estimate of drug-likeness (QED) is 0.818. The first-order chi connectivity index (χ1) is 11.3. The first kappa shape index (κ1) is 16.1. The number of amides is 1. The smallest absolute Gasteiger partial charge is 0.322 e. The van der Waals surface area contributed by atoms with E-state index < -0.39 is 0 Å². The summed E-state index contributed by atoms with van der Waals surface area (Å²) < 4.78 is 5.65. The van der Waals surface area contributed by atoms with E-state index in [-0.39, 0.29) is 11.9 Å². The number of hydrogen-bond acceptors (Lipinski definition) is 5. The van der Waals surface area contributed by atoms with E-state index in [1.54, 1.807) is 11.8 Å². The standard InChI is InChI=1S/C17H21N3O2S/c1-2-23-14-11-7-6-10-13(14)15(21)18-17-20-19-16(22-17)12-8-4-3-5-9-12/h6-7,10-12H,2-5,8-9H2,1H3,(H,18,20,21). The van der Waals surface area contributed by atoms with Crippen LogP contribution in [-0.2, 0) is 0 Å². The molecule has 6 heteroatoms. The minimum absolute atomic E-state index is 0.187. The second-order valence-electron chi connectivity index (χ2n) is 5.66. The highest BCUT2D eigenvalue weighted by molar-refractivity contribution is 7.99. The Morgan fingerprint density at radius 1 is 1.26 bits per heavy atom. The van der Waals surface area contributed by atoms with Crippen molar-refractivity contribution in [2.24, 2.45) is 0 Å². The number of rotatable bonds is 5. The zero-order valence-electron chi connectivity index (χ0n) is 13.2. The third kappa shape index (κ3) is 3.93. The van der Waals surface area contributed by atoms with Gasteiger partial charge in [0.15, 0.2) is 0 Å². The summed E-state index contributed by atoms with van der Waals surface area (Å²) >= 11 is 1.64. The minimum atomic E-state index is -0.208. The number of carbonyl (C=O) groups excluding carboxylic acids is 1. The third-order valence-electron chi connectivity index (χ3n) is 4.05. The van der Waals surface area contributed by atoms with Crippen LogP contribution < -0.4 is 5.32 Å². The summed E-state index contributed by atoms with van der Waals surface area (Å²) in [7, 11) is 0. The number of nitrogens with one attached hydrogen (secondary N) is 1. The lowest BCUT2D eigenvalue weighted by Gasteiger charge is -2.17. The zero-order valence-corrected chi connectivity index (χ0v) is 14.1. The summed E-state index contributed by atoms with van der Waals surface area (Å²) in [6.45, 7) is 2.06. The normalized spacial score (nSPS) is 15.5. The van der Waals surface area contributed by atoms with Crippen LogP contribution in [0.3, 0.4) is 0 Å². The molecule has 1 aromatic carbocycles. The van der Waals surface area contributed by atoms with Gasteiger partial charge in [0.1, 0.15) is 0 Å². The first-order valence-corrected chi connectivity index (χ1v) is 9.13. The average Bonchev–Trinajstić information content (AvgIpc) is 3.05. The summed E-state index contributed by atoms with van der Waals surface area (Å²) in [6, 6.07) is 7.74. The number of hydrogen-bond donors (Lipinski definition) is 1. The molecule has 1 N–H and O–H groups in total. The van der Waals surface area contributed by atoms with E-state index in [1.807, 2.05) is 24.3 Å². The van der Waals surface area contributed by atoms with Gasteiger partial charge in [-0.25, -0.2) is 0 Å². The zero-order chi connectivity index (χ0) is 16.1. The molecule has 1 aliphatic rings. The van der Waals surface area contributed by atoms with Crippen LogP contribution in [0.2, 0.25) is 0 Å². The SMILES string of the molecule is CCSc1ccccc1C(=O)Nc1nnc(C2CCCCC2)o1. The van der Waals surface area contributed by atoms with Crippen molar-refractivity contribution in [3.05, 3.63) is 35.7 Å². The molecule has 0 unspecified atom stereocenters. The van der Waals surface area contributed by atoms with Gasteiger partial charge in [0.05, 0.1) is 5.56 Å². The Morgan fingerprint density at radius 2 is 2.04 bits per heavy atom. The van der Waals surface area contributed by atoms with Crippen LogP contribution in [0.15, 0.2) is 33.6 Å². The molecule has 1 saturated carbocycles. The molecule has 122 valence electrons. The number of aromatic nitrogens is 2. The Bertz CT molecular complexity index is 665. The van der Waals surface area contributed by atoms with Crippen LogP contribution in [0.4, 0.5) is 6.01 Å². The van der Waals surface area contributed by atoms with Crippen LogP contribution in [0.5, 0.6) is 0 Å². The Balaban J connectivity index is 1.70. The summed E-state index contributed by atoms with van der Waals surface area (Å²) in [5.41, 5.74) is 0.636. The highest BCUT2D eigenvalue weighted by atomic mass is 32.2. The second kappa shape index (κ2) is 7.64. The van der Waals surface area contributed by atoms with E-state index in [4.69, 9.17) is 4.42 Å². The molecule has 5 nitrogen and oxygen atoms in total. The monoisotopic (exact) mass is 331 g/mol. The van der Waals surface area contributed by atoms with Crippen molar-refractivity contribution in [3.63, 3.8) is 0 Å². The molecule has 0 bridgehead atoms. The third-order valence-corrected chi connectivity index (χ3v) is 5.00.